The molecule has 1 aliphatic carbocycles. The number of nitrogens with one attached hydrogen (secondary N) is 1. The van der Waals surface area contributed by atoms with Crippen LogP contribution < -0.4 is 5.32 Å². The van der Waals surface area contributed by atoms with Crippen molar-refractivity contribution in [3.05, 3.63) is 0 Å². The average molecular weight is 239 g/mol. The Morgan fingerprint density at radius 2 is 1.82 bits per heavy atom. The second kappa shape index (κ2) is 8.13. The molecule has 4 unspecified atom stereocenters. The van der Waals surface area contributed by atoms with E-state index in [1.807, 2.05) is 0 Å². The van der Waals surface area contributed by atoms with Crippen LogP contribution in [0.2, 0.25) is 0 Å². The van der Waals surface area contributed by atoms with E-state index in [-0.39, 0.29) is 0 Å². The van der Waals surface area contributed by atoms with E-state index in [1.165, 1.54) is 44.9 Å². The van der Waals surface area contributed by atoms with Gasteiger partial charge in [-0.25, -0.2) is 0 Å². The molecule has 0 radical (unpaired) electrons. The van der Waals surface area contributed by atoms with Crippen LogP contribution in [0.3, 0.4) is 0 Å². The predicted octanol–water partition coefficient (Wildman–Crippen LogP) is 4.62. The molecule has 1 rings (SSSR count). The molecule has 1 fully saturated rings. The Morgan fingerprint density at radius 3 is 2.41 bits per heavy atom. The molecule has 0 aromatic carbocycles. The zero-order chi connectivity index (χ0) is 12.7. The van der Waals surface area contributed by atoms with Crippen molar-refractivity contribution in [2.75, 3.05) is 6.54 Å². The first-order valence-electron chi connectivity index (χ1n) is 7.96. The van der Waals surface area contributed by atoms with Gasteiger partial charge in [-0.3, -0.25) is 0 Å². The van der Waals surface area contributed by atoms with Crippen molar-refractivity contribution in [1.82, 2.24) is 5.32 Å². The molecular formula is C16H33N. The summed E-state index contributed by atoms with van der Waals surface area (Å²) in [5, 5.41) is 3.78. The van der Waals surface area contributed by atoms with Crippen LogP contribution in [0.4, 0.5) is 0 Å². The van der Waals surface area contributed by atoms with Gasteiger partial charge in [0.15, 0.2) is 0 Å². The first kappa shape index (κ1) is 15.0. The normalized spacial score (nSPS) is 28.9. The zero-order valence-electron chi connectivity index (χ0n) is 12.5. The maximum atomic E-state index is 3.78. The van der Waals surface area contributed by atoms with E-state index in [0.717, 1.165) is 30.3 Å². The molecule has 102 valence electrons. The largest absolute Gasteiger partial charge is 0.314 e. The first-order valence-corrected chi connectivity index (χ1v) is 7.96. The molecule has 1 aliphatic rings. The molecule has 0 aliphatic heterocycles. The molecule has 0 aromatic heterocycles. The fourth-order valence-corrected chi connectivity index (χ4v) is 3.54. The zero-order valence-corrected chi connectivity index (χ0v) is 12.5. The van der Waals surface area contributed by atoms with Crippen molar-refractivity contribution < 1.29 is 0 Å². The Balaban J connectivity index is 2.59. The second-order valence-corrected chi connectivity index (χ2v) is 6.03. The summed E-state index contributed by atoms with van der Waals surface area (Å²) in [6.45, 7) is 10.5. The van der Waals surface area contributed by atoms with Crippen molar-refractivity contribution in [2.45, 2.75) is 78.7 Å². The summed E-state index contributed by atoms with van der Waals surface area (Å²) in [5.41, 5.74) is 0. The van der Waals surface area contributed by atoms with Crippen LogP contribution in [0, 0.1) is 17.8 Å². The van der Waals surface area contributed by atoms with E-state index in [4.69, 9.17) is 0 Å². The van der Waals surface area contributed by atoms with Crippen molar-refractivity contribution in [1.29, 1.82) is 0 Å². The highest BCUT2D eigenvalue weighted by atomic mass is 14.9. The summed E-state index contributed by atoms with van der Waals surface area (Å²) >= 11 is 0. The lowest BCUT2D eigenvalue weighted by Gasteiger charge is -2.38. The minimum absolute atomic E-state index is 0.778. The van der Waals surface area contributed by atoms with Gasteiger partial charge in [-0.1, -0.05) is 59.8 Å². The Bertz CT molecular complexity index is 190. The summed E-state index contributed by atoms with van der Waals surface area (Å²) in [5.74, 6) is 2.80. The molecule has 17 heavy (non-hydrogen) atoms. The summed E-state index contributed by atoms with van der Waals surface area (Å²) in [4.78, 5) is 0. The van der Waals surface area contributed by atoms with Gasteiger partial charge in [-0.2, -0.15) is 0 Å². The van der Waals surface area contributed by atoms with Gasteiger partial charge in [0.25, 0.3) is 0 Å². The van der Waals surface area contributed by atoms with Crippen LogP contribution in [0.1, 0.15) is 72.6 Å². The van der Waals surface area contributed by atoms with E-state index in [9.17, 15) is 0 Å². The van der Waals surface area contributed by atoms with E-state index in [1.54, 1.807) is 0 Å². The fraction of sp³-hybridized carbons (Fsp3) is 1.00. The number of rotatable bonds is 7. The monoisotopic (exact) mass is 239 g/mol. The van der Waals surface area contributed by atoms with Crippen LogP contribution in [0.15, 0.2) is 0 Å². The summed E-state index contributed by atoms with van der Waals surface area (Å²) in [6.07, 6.45) is 9.96. The van der Waals surface area contributed by atoms with Crippen molar-refractivity contribution in [2.24, 2.45) is 17.8 Å². The Morgan fingerprint density at radius 1 is 1.12 bits per heavy atom. The lowest BCUT2D eigenvalue weighted by Crippen LogP contribution is -2.42. The molecule has 0 amide bonds. The van der Waals surface area contributed by atoms with Gasteiger partial charge >= 0.3 is 0 Å². The van der Waals surface area contributed by atoms with Crippen LogP contribution >= 0.6 is 0 Å². The highest BCUT2D eigenvalue weighted by Gasteiger charge is 2.30. The van der Waals surface area contributed by atoms with Gasteiger partial charge in [0.2, 0.25) is 0 Å². The summed E-state index contributed by atoms with van der Waals surface area (Å²) < 4.78 is 0. The lowest BCUT2D eigenvalue weighted by molar-refractivity contribution is 0.159. The molecule has 0 spiro atoms. The Kier molecular flexibility index (Phi) is 7.18. The lowest BCUT2D eigenvalue weighted by atomic mass is 9.72. The quantitative estimate of drug-likeness (QED) is 0.683. The Hall–Kier alpha value is -0.0400. The van der Waals surface area contributed by atoms with E-state index in [2.05, 4.69) is 33.0 Å². The summed E-state index contributed by atoms with van der Waals surface area (Å²) in [6, 6.07) is 0.778. The minimum Gasteiger partial charge on any atom is -0.314 e. The van der Waals surface area contributed by atoms with Gasteiger partial charge < -0.3 is 5.32 Å². The topological polar surface area (TPSA) is 12.0 Å². The van der Waals surface area contributed by atoms with Crippen LogP contribution in [-0.4, -0.2) is 12.6 Å². The van der Waals surface area contributed by atoms with Crippen LogP contribution in [-0.2, 0) is 0 Å². The Labute approximate surface area is 109 Å². The van der Waals surface area contributed by atoms with Crippen molar-refractivity contribution in [3.8, 4) is 0 Å². The van der Waals surface area contributed by atoms with Crippen LogP contribution in [0.25, 0.3) is 0 Å². The highest BCUT2D eigenvalue weighted by molar-refractivity contribution is 4.85. The third kappa shape index (κ3) is 4.62. The maximum absolute atomic E-state index is 3.78. The third-order valence-corrected chi connectivity index (χ3v) is 4.83. The molecule has 0 aromatic rings. The average Bonchev–Trinajstić information content (AvgIpc) is 2.38. The minimum atomic E-state index is 0.778. The smallest absolute Gasteiger partial charge is 0.0100 e. The van der Waals surface area contributed by atoms with E-state index in [0.29, 0.717) is 0 Å². The van der Waals surface area contributed by atoms with Gasteiger partial charge in [-0.05, 0) is 37.1 Å². The van der Waals surface area contributed by atoms with Gasteiger partial charge in [0.05, 0.1) is 0 Å². The third-order valence-electron chi connectivity index (χ3n) is 4.83. The SMILES string of the molecule is CCNC(CC(C)CC)C1CCCCC1CC. The molecule has 0 heterocycles. The molecule has 1 nitrogen and oxygen atoms in total. The molecule has 1 saturated carbocycles. The van der Waals surface area contributed by atoms with E-state index < -0.39 is 0 Å². The van der Waals surface area contributed by atoms with E-state index >= 15 is 0 Å². The fourth-order valence-electron chi connectivity index (χ4n) is 3.54. The molecule has 0 bridgehead atoms. The molecular weight excluding hydrogens is 206 g/mol. The number of hydrogen-bond donors (Lipinski definition) is 1. The summed E-state index contributed by atoms with van der Waals surface area (Å²) in [7, 11) is 0. The van der Waals surface area contributed by atoms with Gasteiger partial charge in [0, 0.05) is 6.04 Å². The standard InChI is InChI=1S/C16H33N/c1-5-13(4)12-16(17-7-3)15-11-9-8-10-14(15)6-2/h13-17H,5-12H2,1-4H3. The van der Waals surface area contributed by atoms with Crippen molar-refractivity contribution in [3.63, 3.8) is 0 Å². The molecule has 4 atom stereocenters. The number of hydrogen-bond acceptors (Lipinski definition) is 1. The van der Waals surface area contributed by atoms with Crippen LogP contribution in [0.5, 0.6) is 0 Å². The molecule has 1 N–H and O–H groups in total. The highest BCUT2D eigenvalue weighted by Crippen LogP contribution is 2.36. The van der Waals surface area contributed by atoms with Gasteiger partial charge in [0.1, 0.15) is 0 Å². The van der Waals surface area contributed by atoms with Crippen molar-refractivity contribution >= 4 is 0 Å². The second-order valence-electron chi connectivity index (χ2n) is 6.03. The van der Waals surface area contributed by atoms with Gasteiger partial charge in [-0.15, -0.1) is 0 Å². The molecule has 0 saturated heterocycles. The maximum Gasteiger partial charge on any atom is 0.0100 e. The molecule has 1 heteroatoms. The predicted molar refractivity (Wildman–Crippen MR) is 77.3 cm³/mol. The first-order chi connectivity index (χ1) is 8.22.